The van der Waals surface area contributed by atoms with Crippen molar-refractivity contribution in [3.05, 3.63) is 0 Å². The van der Waals surface area contributed by atoms with Gasteiger partial charge in [0.05, 0.1) is 6.61 Å². The van der Waals surface area contributed by atoms with Gasteiger partial charge in [0.25, 0.3) is 0 Å². The van der Waals surface area contributed by atoms with E-state index in [9.17, 15) is 0 Å². The predicted molar refractivity (Wildman–Crippen MR) is 58.9 cm³/mol. The van der Waals surface area contributed by atoms with Crippen LogP contribution in [0.25, 0.3) is 0 Å². The average Bonchev–Trinajstić information content (AvgIpc) is 2.14. The van der Waals surface area contributed by atoms with Crippen LogP contribution in [0.5, 0.6) is 0 Å². The molecule has 0 aromatic rings. The highest BCUT2D eigenvalue weighted by Gasteiger charge is 2.26. The minimum atomic E-state index is 0.0298. The third-order valence-electron chi connectivity index (χ3n) is 3.11. The maximum atomic E-state index is 8.96. The monoisotopic (exact) mass is 215 g/mol. The van der Waals surface area contributed by atoms with Gasteiger partial charge in [0.2, 0.25) is 0 Å². The van der Waals surface area contributed by atoms with E-state index in [-0.39, 0.29) is 18.4 Å². The number of aliphatic hydroxyl groups is 1. The number of aliphatic hydroxyl groups excluding tert-OH is 1. The van der Waals surface area contributed by atoms with Crippen molar-refractivity contribution in [1.82, 2.24) is 4.90 Å². The molecule has 88 valence electrons. The zero-order chi connectivity index (χ0) is 11.3. The first-order valence-electron chi connectivity index (χ1n) is 5.51. The van der Waals surface area contributed by atoms with Gasteiger partial charge in [-0.25, -0.2) is 0 Å². The van der Waals surface area contributed by atoms with Crippen LogP contribution >= 0.6 is 0 Å². The van der Waals surface area contributed by atoms with Crippen LogP contribution in [0, 0.1) is 5.92 Å². The molecule has 0 bridgehead atoms. The van der Waals surface area contributed by atoms with E-state index < -0.39 is 0 Å². The average molecular weight is 215 g/mol. The van der Waals surface area contributed by atoms with Crippen molar-refractivity contribution in [1.29, 1.82) is 0 Å². The van der Waals surface area contributed by atoms with Crippen molar-refractivity contribution in [2.24, 2.45) is 16.8 Å². The molecule has 0 saturated heterocycles. The highest BCUT2D eigenvalue weighted by atomic mass is 16.4. The maximum Gasteiger partial charge on any atom is 0.143 e. The number of nitrogens with two attached hydrogens (primary N) is 1. The molecule has 4 N–H and O–H groups in total. The number of rotatable bonds is 6. The van der Waals surface area contributed by atoms with E-state index in [2.05, 4.69) is 10.1 Å². The third-order valence-corrected chi connectivity index (χ3v) is 3.11. The number of oxime groups is 1. The Bertz CT molecular complexity index is 217. The number of nitrogens with zero attached hydrogens (tertiary/aromatic N) is 2. The summed E-state index contributed by atoms with van der Waals surface area (Å²) in [5.74, 6) is 0.291. The minimum Gasteiger partial charge on any atom is -0.409 e. The molecule has 0 radical (unpaired) electrons. The summed E-state index contributed by atoms with van der Waals surface area (Å²) in [7, 11) is 0. The fourth-order valence-corrected chi connectivity index (χ4v) is 1.85. The van der Waals surface area contributed by atoms with Gasteiger partial charge in [-0.05, 0) is 12.8 Å². The lowest BCUT2D eigenvalue weighted by Gasteiger charge is -2.38. The maximum absolute atomic E-state index is 8.96. The summed E-state index contributed by atoms with van der Waals surface area (Å²) in [6.45, 7) is 3.52. The second-order valence-corrected chi connectivity index (χ2v) is 4.23. The van der Waals surface area contributed by atoms with Gasteiger partial charge in [0.15, 0.2) is 0 Å². The molecule has 0 heterocycles. The SMILES string of the molecule is CC(CN(CCO)C1CCC1)C(N)=NO. The lowest BCUT2D eigenvalue weighted by atomic mass is 9.90. The second kappa shape index (κ2) is 5.92. The molecule has 1 atom stereocenters. The summed E-state index contributed by atoms with van der Waals surface area (Å²) < 4.78 is 0. The highest BCUT2D eigenvalue weighted by Crippen LogP contribution is 2.25. The van der Waals surface area contributed by atoms with Gasteiger partial charge >= 0.3 is 0 Å². The standard InChI is InChI=1S/C10H21N3O2/c1-8(10(11)12-15)7-13(5-6-14)9-3-2-4-9/h8-9,14-15H,2-7H2,1H3,(H2,11,12). The van der Waals surface area contributed by atoms with Gasteiger partial charge in [0, 0.05) is 25.0 Å². The fourth-order valence-electron chi connectivity index (χ4n) is 1.85. The fraction of sp³-hybridized carbons (Fsp3) is 0.900. The van der Waals surface area contributed by atoms with Gasteiger partial charge in [-0.3, -0.25) is 4.90 Å². The van der Waals surface area contributed by atoms with E-state index in [1.165, 1.54) is 19.3 Å². The van der Waals surface area contributed by atoms with E-state index in [0.29, 0.717) is 12.6 Å². The van der Waals surface area contributed by atoms with Crippen molar-refractivity contribution >= 4 is 5.84 Å². The molecule has 0 aliphatic heterocycles. The molecule has 5 nitrogen and oxygen atoms in total. The van der Waals surface area contributed by atoms with Crippen LogP contribution < -0.4 is 5.73 Å². The van der Waals surface area contributed by atoms with Crippen molar-refractivity contribution < 1.29 is 10.3 Å². The largest absolute Gasteiger partial charge is 0.409 e. The molecular formula is C10H21N3O2. The zero-order valence-electron chi connectivity index (χ0n) is 9.26. The Morgan fingerprint density at radius 2 is 2.27 bits per heavy atom. The van der Waals surface area contributed by atoms with Gasteiger partial charge < -0.3 is 16.0 Å². The van der Waals surface area contributed by atoms with Crippen molar-refractivity contribution in [3.8, 4) is 0 Å². The van der Waals surface area contributed by atoms with E-state index in [1.54, 1.807) is 0 Å². The van der Waals surface area contributed by atoms with Crippen LogP contribution in [0.15, 0.2) is 5.16 Å². The Hall–Kier alpha value is -0.810. The van der Waals surface area contributed by atoms with Gasteiger partial charge in [-0.1, -0.05) is 18.5 Å². The molecule has 1 aliphatic carbocycles. The quantitative estimate of drug-likeness (QED) is 0.256. The smallest absolute Gasteiger partial charge is 0.143 e. The summed E-state index contributed by atoms with van der Waals surface area (Å²) in [6.07, 6.45) is 3.66. The molecule has 0 aromatic carbocycles. The third kappa shape index (κ3) is 3.35. The number of hydrogen-bond donors (Lipinski definition) is 3. The summed E-state index contributed by atoms with van der Waals surface area (Å²) >= 11 is 0. The first-order valence-corrected chi connectivity index (χ1v) is 5.51. The predicted octanol–water partition coefficient (Wildman–Crippen LogP) is 0.216. The zero-order valence-corrected chi connectivity index (χ0v) is 9.26. The molecule has 15 heavy (non-hydrogen) atoms. The van der Waals surface area contributed by atoms with Crippen LogP contribution in [0.2, 0.25) is 0 Å². The van der Waals surface area contributed by atoms with E-state index in [4.69, 9.17) is 16.0 Å². The van der Waals surface area contributed by atoms with E-state index in [0.717, 1.165) is 6.54 Å². The first-order chi connectivity index (χ1) is 7.19. The van der Waals surface area contributed by atoms with Crippen LogP contribution in [0.4, 0.5) is 0 Å². The topological polar surface area (TPSA) is 82.1 Å². The molecule has 0 spiro atoms. The molecule has 1 fully saturated rings. The Morgan fingerprint density at radius 1 is 1.60 bits per heavy atom. The van der Waals surface area contributed by atoms with Gasteiger partial charge in [0.1, 0.15) is 5.84 Å². The Balaban J connectivity index is 2.42. The summed E-state index contributed by atoms with van der Waals surface area (Å²) in [6, 6.07) is 0.575. The number of amidine groups is 1. The Kier molecular flexibility index (Phi) is 4.84. The van der Waals surface area contributed by atoms with E-state index in [1.807, 2.05) is 6.92 Å². The van der Waals surface area contributed by atoms with Crippen LogP contribution in [0.1, 0.15) is 26.2 Å². The first kappa shape index (κ1) is 12.3. The lowest BCUT2D eigenvalue weighted by molar-refractivity contribution is 0.0947. The molecule has 0 amide bonds. The van der Waals surface area contributed by atoms with E-state index >= 15 is 0 Å². The molecule has 1 saturated carbocycles. The summed E-state index contributed by atoms with van der Waals surface area (Å²) in [5.41, 5.74) is 5.53. The van der Waals surface area contributed by atoms with Crippen molar-refractivity contribution in [3.63, 3.8) is 0 Å². The Labute approximate surface area is 90.6 Å². The van der Waals surface area contributed by atoms with Gasteiger partial charge in [-0.15, -0.1) is 0 Å². The normalized spacial score (nSPS) is 20.3. The van der Waals surface area contributed by atoms with Crippen LogP contribution in [-0.2, 0) is 0 Å². The molecule has 1 aliphatic rings. The molecule has 1 rings (SSSR count). The second-order valence-electron chi connectivity index (χ2n) is 4.23. The Morgan fingerprint density at radius 3 is 2.67 bits per heavy atom. The van der Waals surface area contributed by atoms with Crippen molar-refractivity contribution in [2.75, 3.05) is 19.7 Å². The van der Waals surface area contributed by atoms with Crippen LogP contribution in [0.3, 0.4) is 0 Å². The van der Waals surface area contributed by atoms with Gasteiger partial charge in [-0.2, -0.15) is 0 Å². The number of hydrogen-bond acceptors (Lipinski definition) is 4. The van der Waals surface area contributed by atoms with Crippen LogP contribution in [-0.4, -0.2) is 46.8 Å². The minimum absolute atomic E-state index is 0.0298. The molecular weight excluding hydrogens is 194 g/mol. The molecule has 0 aromatic heterocycles. The summed E-state index contributed by atoms with van der Waals surface area (Å²) in [4.78, 5) is 2.23. The molecule has 5 heteroatoms. The highest BCUT2D eigenvalue weighted by molar-refractivity contribution is 5.82. The molecule has 1 unspecified atom stereocenters. The lowest BCUT2D eigenvalue weighted by Crippen LogP contribution is -2.45. The summed E-state index contributed by atoms with van der Waals surface area (Å²) in [5, 5.41) is 20.5. The van der Waals surface area contributed by atoms with Crippen molar-refractivity contribution in [2.45, 2.75) is 32.2 Å².